The normalized spacial score (nSPS) is 31.5. The van der Waals surface area contributed by atoms with Crippen molar-refractivity contribution in [1.29, 1.82) is 0 Å². The number of nitrogens with one attached hydrogen (secondary N) is 3. The van der Waals surface area contributed by atoms with E-state index in [0.29, 0.717) is 62.8 Å². The van der Waals surface area contributed by atoms with Crippen LogP contribution >= 0.6 is 46.4 Å². The number of rotatable bonds is 9. The van der Waals surface area contributed by atoms with Crippen LogP contribution < -0.4 is 21.7 Å². The van der Waals surface area contributed by atoms with Crippen LogP contribution in [-0.2, 0) is 34.8 Å². The lowest BCUT2D eigenvalue weighted by molar-refractivity contribution is -0.128. The van der Waals surface area contributed by atoms with Gasteiger partial charge >= 0.3 is 0 Å². The third-order valence-corrected chi connectivity index (χ3v) is 23.0. The number of anilines is 4. The summed E-state index contributed by atoms with van der Waals surface area (Å²) in [4.78, 5) is 70.4. The van der Waals surface area contributed by atoms with Crippen LogP contribution in [0.25, 0.3) is 0 Å². The average molecular weight is 1210 g/mol. The molecular weight excluding hydrogens is 1130 g/mol. The van der Waals surface area contributed by atoms with Crippen LogP contribution in [0.15, 0.2) is 72.8 Å². The fourth-order valence-electron chi connectivity index (χ4n) is 18.0. The molecule has 4 aromatic rings. The number of nitrogen functional groups attached to an aromatic ring is 1. The predicted molar refractivity (Wildman–Crippen MR) is 331 cm³/mol. The second-order valence-corrected chi connectivity index (χ2v) is 30.1. The summed E-state index contributed by atoms with van der Waals surface area (Å²) in [5, 5.41) is 31.5. The van der Waals surface area contributed by atoms with Crippen LogP contribution in [0.2, 0.25) is 20.1 Å². The van der Waals surface area contributed by atoms with Crippen LogP contribution in [0.1, 0.15) is 197 Å². The highest BCUT2D eigenvalue weighted by Crippen LogP contribution is 2.74. The Morgan fingerprint density at radius 3 is 1.34 bits per heavy atom. The van der Waals surface area contributed by atoms with E-state index in [9.17, 15) is 34.2 Å². The van der Waals surface area contributed by atoms with Crippen molar-refractivity contribution in [2.45, 2.75) is 198 Å². The van der Waals surface area contributed by atoms with Gasteiger partial charge in [0.1, 0.15) is 11.6 Å². The molecule has 0 radical (unpaired) electrons. The van der Waals surface area contributed by atoms with Crippen LogP contribution in [0.5, 0.6) is 0 Å². The van der Waals surface area contributed by atoms with Crippen molar-refractivity contribution >= 4 is 98.4 Å². The molecule has 7 N–H and O–H groups in total. The largest absolute Gasteiger partial charge is 0.399 e. The Labute approximate surface area is 509 Å². The van der Waals surface area contributed by atoms with E-state index in [1.807, 2.05) is 60.7 Å². The highest BCUT2D eigenvalue weighted by atomic mass is 35.5. The van der Waals surface area contributed by atoms with Crippen molar-refractivity contribution < 1.29 is 34.2 Å². The molecule has 83 heavy (non-hydrogen) atoms. The SMILES string of the molecule is CC(=O)Nc1cc(Cl)cc([C@H]2[C@H](C(=O)CC3CCC(O)CC3)CC3(CCC(C)(C)CC3)[C@@]23C(=O)Nc2cc(Cl)ccc23)c1.CC1(C)CCC2(CC1)C[C@@H](C(=O)CC1CCC(O)CC1)[C@H](c1cc(N)cc(Cl)c1)[C@]21C(=O)Nc2cc(Cl)ccc21. The lowest BCUT2D eigenvalue weighted by Crippen LogP contribution is -2.52. The Balaban J connectivity index is 0.000000174. The molecule has 4 spiro atoms. The zero-order valence-electron chi connectivity index (χ0n) is 48.7. The molecule has 15 heteroatoms. The Kier molecular flexibility index (Phi) is 16.4. The molecule has 6 aliphatic carbocycles. The van der Waals surface area contributed by atoms with Crippen LogP contribution in [0.3, 0.4) is 0 Å². The maximum absolute atomic E-state index is 14.7. The number of amides is 3. The van der Waals surface area contributed by atoms with Crippen LogP contribution in [-0.4, -0.2) is 51.7 Å². The monoisotopic (exact) mass is 1210 g/mol. The fourth-order valence-corrected chi connectivity index (χ4v) is 18.8. The first-order chi connectivity index (χ1) is 39.3. The number of nitrogens with two attached hydrogens (primary N) is 1. The highest BCUT2D eigenvalue weighted by molar-refractivity contribution is 6.32. The van der Waals surface area contributed by atoms with E-state index < -0.39 is 28.1 Å². The van der Waals surface area contributed by atoms with E-state index in [1.165, 1.54) is 6.92 Å². The molecule has 2 aliphatic heterocycles. The van der Waals surface area contributed by atoms with Gasteiger partial charge in [-0.2, -0.15) is 0 Å². The molecule has 12 rings (SSSR count). The van der Waals surface area contributed by atoms with Gasteiger partial charge in [-0.15, -0.1) is 0 Å². The minimum absolute atomic E-state index is 0.0379. The van der Waals surface area contributed by atoms with Gasteiger partial charge in [0, 0.05) is 86.3 Å². The van der Waals surface area contributed by atoms with E-state index in [2.05, 4.69) is 43.6 Å². The highest BCUT2D eigenvalue weighted by Gasteiger charge is 2.74. The van der Waals surface area contributed by atoms with E-state index >= 15 is 0 Å². The Morgan fingerprint density at radius 2 is 0.940 bits per heavy atom. The van der Waals surface area contributed by atoms with Crippen molar-refractivity contribution in [2.24, 2.45) is 45.3 Å². The Morgan fingerprint density at radius 1 is 0.542 bits per heavy atom. The molecule has 0 bridgehead atoms. The van der Waals surface area contributed by atoms with Crippen molar-refractivity contribution in [1.82, 2.24) is 0 Å². The lowest BCUT2D eigenvalue weighted by Gasteiger charge is -2.51. The Hall–Kier alpha value is -4.49. The summed E-state index contributed by atoms with van der Waals surface area (Å²) >= 11 is 26.1. The summed E-state index contributed by atoms with van der Waals surface area (Å²) in [5.41, 5.74) is 10.0. The Bertz CT molecular complexity index is 3200. The zero-order valence-corrected chi connectivity index (χ0v) is 51.7. The average Bonchev–Trinajstić information content (AvgIpc) is 1.57. The van der Waals surface area contributed by atoms with Crippen LogP contribution in [0, 0.1) is 45.3 Å². The number of aliphatic hydroxyl groups excluding tert-OH is 2. The van der Waals surface area contributed by atoms with E-state index in [4.69, 9.17) is 52.1 Å². The first kappa shape index (κ1) is 60.2. The maximum atomic E-state index is 14.7. The molecule has 3 amide bonds. The number of hydrogen-bond donors (Lipinski definition) is 6. The number of hydrogen-bond acceptors (Lipinski definition) is 8. The summed E-state index contributed by atoms with van der Waals surface area (Å²) in [6.45, 7) is 10.6. The number of Topliss-reactive ketones (excluding diaryl/α,β-unsaturated/α-hetero) is 2. The van der Waals surface area contributed by atoms with Gasteiger partial charge in [-0.25, -0.2) is 0 Å². The molecular formula is C68H82Cl4N4O7. The van der Waals surface area contributed by atoms with Gasteiger partial charge in [-0.05, 0) is 232 Å². The summed E-state index contributed by atoms with van der Waals surface area (Å²) in [6.07, 6.45) is 15.4. The second-order valence-electron chi connectivity index (χ2n) is 28.3. The first-order valence-electron chi connectivity index (χ1n) is 30.6. The quantitative estimate of drug-likeness (QED) is 0.0893. The smallest absolute Gasteiger partial charge is 0.236 e. The number of fused-ring (bicyclic) bond motifs is 6. The van der Waals surface area contributed by atoms with E-state index in [0.717, 1.165) is 131 Å². The number of carbonyl (C=O) groups excluding carboxylic acids is 5. The van der Waals surface area contributed by atoms with Crippen molar-refractivity contribution in [2.75, 3.05) is 21.7 Å². The molecule has 0 saturated heterocycles. The minimum atomic E-state index is -0.995. The molecule has 0 unspecified atom stereocenters. The molecule has 6 atom stereocenters. The molecule has 8 aliphatic rings. The van der Waals surface area contributed by atoms with E-state index in [1.54, 1.807) is 12.1 Å². The van der Waals surface area contributed by atoms with Gasteiger partial charge in [0.2, 0.25) is 17.7 Å². The molecule has 444 valence electrons. The number of benzene rings is 4. The molecule has 4 aromatic carbocycles. The minimum Gasteiger partial charge on any atom is -0.399 e. The second kappa shape index (κ2) is 22.7. The number of ketones is 2. The summed E-state index contributed by atoms with van der Waals surface area (Å²) in [7, 11) is 0. The standard InChI is InChI=1S/C35H42Cl2N2O4.C33H40Cl2N2O3/c1-20(40)38-25-16-22(15-24(37)17-25)31-27(30(42)14-21-4-7-26(41)8-5-21)19-34(12-10-33(2,3)11-13-34)35(31)28-9-6-23(36)18-29(28)39-32(35)43;1-31(2)9-11-32(12-10-31)18-25(28(39)13-19-3-6-24(38)7-4-19)29(20-14-22(35)16-23(36)15-20)33(32)26-8-5-21(34)17-27(26)37-30(33)40/h6,9,15-18,21,26-27,31,41H,4-5,7-8,10-14,19H2,1-3H3,(H,38,40)(H,39,43);5,8,14-17,19,24-25,29,38H,3-4,6-7,9-13,18,36H2,1-2H3,(H,37,40)/t21?,26?,27-,31-,35+;19?,24?,25-,29-,33+/m00/s1. The molecule has 2 heterocycles. The maximum Gasteiger partial charge on any atom is 0.236 e. The fraction of sp³-hybridized carbons (Fsp3) is 0.574. The van der Waals surface area contributed by atoms with Crippen LogP contribution in [0.4, 0.5) is 22.7 Å². The van der Waals surface area contributed by atoms with Crippen molar-refractivity contribution in [3.8, 4) is 0 Å². The third-order valence-electron chi connectivity index (χ3n) is 22.1. The predicted octanol–water partition coefficient (Wildman–Crippen LogP) is 15.7. The zero-order chi connectivity index (χ0) is 59.2. The molecule has 6 fully saturated rings. The van der Waals surface area contributed by atoms with E-state index in [-0.39, 0.29) is 81.4 Å². The summed E-state index contributed by atoms with van der Waals surface area (Å²) in [6, 6.07) is 22.4. The molecule has 6 saturated carbocycles. The summed E-state index contributed by atoms with van der Waals surface area (Å²) in [5.74, 6) is -1.02. The lowest BCUT2D eigenvalue weighted by atomic mass is 9.51. The molecule has 0 aromatic heterocycles. The van der Waals surface area contributed by atoms with Gasteiger partial charge in [0.15, 0.2) is 0 Å². The van der Waals surface area contributed by atoms with Crippen molar-refractivity contribution in [3.05, 3.63) is 115 Å². The number of aliphatic hydroxyl groups is 2. The first-order valence-corrected chi connectivity index (χ1v) is 32.1. The summed E-state index contributed by atoms with van der Waals surface area (Å²) < 4.78 is 0. The molecule has 11 nitrogen and oxygen atoms in total. The topological polar surface area (TPSA) is 188 Å². The van der Waals surface area contributed by atoms with Gasteiger partial charge < -0.3 is 31.9 Å². The van der Waals surface area contributed by atoms with Crippen molar-refractivity contribution in [3.63, 3.8) is 0 Å². The number of halogens is 4. The van der Waals surface area contributed by atoms with Gasteiger partial charge in [-0.3, -0.25) is 24.0 Å². The van der Waals surface area contributed by atoms with Gasteiger partial charge in [-0.1, -0.05) is 86.2 Å². The number of carbonyl (C=O) groups is 5. The van der Waals surface area contributed by atoms with Gasteiger partial charge in [0.05, 0.1) is 23.0 Å². The van der Waals surface area contributed by atoms with Gasteiger partial charge in [0.25, 0.3) is 0 Å². The third kappa shape index (κ3) is 10.9.